The summed E-state index contributed by atoms with van der Waals surface area (Å²) < 4.78 is 60.6. The molecule has 0 saturated heterocycles. The number of alkyl halides is 3. The van der Waals surface area contributed by atoms with Gasteiger partial charge in [0.1, 0.15) is 0 Å². The molecule has 2 aromatic rings. The van der Waals surface area contributed by atoms with Crippen LogP contribution in [0.3, 0.4) is 0 Å². The highest BCUT2D eigenvalue weighted by molar-refractivity contribution is 7.91. The van der Waals surface area contributed by atoms with Crippen molar-refractivity contribution in [3.63, 3.8) is 0 Å². The zero-order valence-corrected chi connectivity index (χ0v) is 10.6. The highest BCUT2D eigenvalue weighted by Gasteiger charge is 2.45. The molecule has 0 amide bonds. The van der Waals surface area contributed by atoms with E-state index < -0.39 is 21.4 Å². The summed E-state index contributed by atoms with van der Waals surface area (Å²) in [7, 11) is -5.84. The van der Waals surface area contributed by atoms with Crippen molar-refractivity contribution in [2.75, 3.05) is 0 Å². The summed E-state index contributed by atoms with van der Waals surface area (Å²) in [4.78, 5) is 0. The molecule has 0 bridgehead atoms. The number of sulfonamides is 1. The van der Waals surface area contributed by atoms with Crippen LogP contribution in [0, 0.1) is 0 Å². The van der Waals surface area contributed by atoms with E-state index in [0.29, 0.717) is 10.8 Å². The lowest BCUT2D eigenvalue weighted by atomic mass is 10.0. The van der Waals surface area contributed by atoms with Crippen LogP contribution in [0.2, 0.25) is 0 Å². The molecule has 0 unspecified atom stereocenters. The number of hydrogen-bond acceptors (Lipinski definition) is 3. The molecule has 0 aliphatic rings. The molecular weight excluding hydrogens is 295 g/mol. The molecule has 106 valence electrons. The molecule has 20 heavy (non-hydrogen) atoms. The van der Waals surface area contributed by atoms with Gasteiger partial charge in [-0.15, -0.1) is 0 Å². The number of fused-ring (bicyclic) bond motifs is 1. The van der Waals surface area contributed by atoms with Gasteiger partial charge in [0, 0.05) is 5.90 Å². The van der Waals surface area contributed by atoms with Crippen LogP contribution in [0.5, 0.6) is 0 Å². The van der Waals surface area contributed by atoms with E-state index in [0.717, 1.165) is 0 Å². The maximum Gasteiger partial charge on any atom is 0.518 e. The molecule has 0 spiro atoms. The monoisotopic (exact) mass is 302 g/mol. The minimum Gasteiger partial charge on any atom is -0.858 e. The minimum absolute atomic E-state index is 0.198. The van der Waals surface area contributed by atoms with Crippen molar-refractivity contribution in [1.82, 2.24) is 0 Å². The van der Waals surface area contributed by atoms with Crippen LogP contribution < -0.4 is 5.11 Å². The van der Waals surface area contributed by atoms with Crippen molar-refractivity contribution in [1.29, 1.82) is 0 Å². The van der Waals surface area contributed by atoms with Crippen LogP contribution in [0.4, 0.5) is 13.2 Å². The summed E-state index contributed by atoms with van der Waals surface area (Å²) in [6.45, 7) is 0. The normalized spacial score (nSPS) is 13.7. The third-order valence-electron chi connectivity index (χ3n) is 2.52. The SMILES string of the molecule is O=S(=O)(/N=C(\[O-])c1cccc2ccccc12)C(F)(F)F. The van der Waals surface area contributed by atoms with E-state index in [1.54, 1.807) is 24.3 Å². The van der Waals surface area contributed by atoms with Crippen LogP contribution in [0.15, 0.2) is 46.9 Å². The molecule has 2 aromatic carbocycles. The van der Waals surface area contributed by atoms with Gasteiger partial charge in [0.15, 0.2) is 0 Å². The molecule has 8 heteroatoms. The van der Waals surface area contributed by atoms with Gasteiger partial charge in [-0.2, -0.15) is 26.0 Å². The summed E-state index contributed by atoms with van der Waals surface area (Å²) in [6, 6.07) is 10.7. The average Bonchev–Trinajstić information content (AvgIpc) is 2.36. The van der Waals surface area contributed by atoms with E-state index in [1.165, 1.54) is 18.2 Å². The fourth-order valence-corrected chi connectivity index (χ4v) is 2.04. The number of nitrogens with zero attached hydrogens (tertiary/aromatic N) is 1. The zero-order valence-electron chi connectivity index (χ0n) is 9.76. The molecular formula is C12H7F3NO3S-. The molecule has 0 aliphatic heterocycles. The fraction of sp³-hybridized carbons (Fsp3) is 0.0833. The quantitative estimate of drug-likeness (QED) is 0.627. The zero-order chi connectivity index (χ0) is 15.0. The van der Waals surface area contributed by atoms with Gasteiger partial charge in [-0.1, -0.05) is 42.5 Å². The Morgan fingerprint density at radius 1 is 1.05 bits per heavy atom. The van der Waals surface area contributed by atoms with Gasteiger partial charge in [-0.05, 0) is 16.3 Å². The Labute approximate surface area is 112 Å². The van der Waals surface area contributed by atoms with E-state index in [4.69, 9.17) is 0 Å². The third-order valence-corrected chi connectivity index (χ3v) is 3.51. The van der Waals surface area contributed by atoms with E-state index >= 15 is 0 Å². The predicted octanol–water partition coefficient (Wildman–Crippen LogP) is 1.80. The number of hydrogen-bond donors (Lipinski definition) is 0. The molecule has 0 heterocycles. The van der Waals surface area contributed by atoms with Crippen LogP contribution in [-0.2, 0) is 10.0 Å². The molecule has 0 aliphatic carbocycles. The highest BCUT2D eigenvalue weighted by Crippen LogP contribution is 2.25. The van der Waals surface area contributed by atoms with Gasteiger partial charge in [-0.25, -0.2) is 0 Å². The van der Waals surface area contributed by atoms with Gasteiger partial charge in [-0.3, -0.25) is 0 Å². The Hall–Kier alpha value is -2.09. The number of benzene rings is 2. The summed E-state index contributed by atoms with van der Waals surface area (Å²) in [5, 5.41) is 12.6. The van der Waals surface area contributed by atoms with E-state index in [1.807, 2.05) is 0 Å². The Balaban J connectivity index is 2.61. The molecule has 0 radical (unpaired) electrons. The van der Waals surface area contributed by atoms with E-state index in [-0.39, 0.29) is 5.56 Å². The molecule has 0 saturated carbocycles. The molecule has 0 atom stereocenters. The summed E-state index contributed by atoms with van der Waals surface area (Å²) >= 11 is 0. The van der Waals surface area contributed by atoms with Crippen LogP contribution in [0.25, 0.3) is 10.8 Å². The van der Waals surface area contributed by atoms with Crippen molar-refractivity contribution in [2.45, 2.75) is 5.51 Å². The Kier molecular flexibility index (Phi) is 3.43. The van der Waals surface area contributed by atoms with Gasteiger partial charge >= 0.3 is 15.5 Å². The number of rotatable bonds is 2. The first-order valence-electron chi connectivity index (χ1n) is 5.29. The molecule has 4 nitrogen and oxygen atoms in total. The first-order valence-corrected chi connectivity index (χ1v) is 6.73. The van der Waals surface area contributed by atoms with Gasteiger partial charge < -0.3 is 5.11 Å². The lowest BCUT2D eigenvalue weighted by Gasteiger charge is -2.14. The molecule has 0 aromatic heterocycles. The topological polar surface area (TPSA) is 69.6 Å². The summed E-state index contributed by atoms with van der Waals surface area (Å²) in [5.74, 6) is -1.45. The van der Waals surface area contributed by atoms with Crippen molar-refractivity contribution in [3.05, 3.63) is 48.0 Å². The molecule has 0 fully saturated rings. The second kappa shape index (κ2) is 4.78. The smallest absolute Gasteiger partial charge is 0.518 e. The summed E-state index contributed by atoms with van der Waals surface area (Å²) in [5.41, 5.74) is -5.79. The summed E-state index contributed by atoms with van der Waals surface area (Å²) in [6.07, 6.45) is 0. The van der Waals surface area contributed by atoms with E-state index in [2.05, 4.69) is 4.40 Å². The maximum absolute atomic E-state index is 12.2. The highest BCUT2D eigenvalue weighted by atomic mass is 32.2. The average molecular weight is 302 g/mol. The first kappa shape index (κ1) is 14.3. The first-order chi connectivity index (χ1) is 9.22. The standard InChI is InChI=1S/C12H8F3NO3S/c13-12(14,15)20(18,19)16-11(17)10-7-3-5-8-4-1-2-6-9(8)10/h1-7H,(H,16,17)/p-1. The Morgan fingerprint density at radius 2 is 1.65 bits per heavy atom. The molecule has 2 rings (SSSR count). The van der Waals surface area contributed by atoms with E-state index in [9.17, 15) is 26.7 Å². The second-order valence-corrected chi connectivity index (χ2v) is 5.44. The lowest BCUT2D eigenvalue weighted by Crippen LogP contribution is -2.27. The maximum atomic E-state index is 12.2. The Bertz CT molecular complexity index is 777. The van der Waals surface area contributed by atoms with Gasteiger partial charge in [0.05, 0.1) is 0 Å². The van der Waals surface area contributed by atoms with Crippen LogP contribution >= 0.6 is 0 Å². The van der Waals surface area contributed by atoms with Crippen molar-refractivity contribution >= 4 is 26.7 Å². The van der Waals surface area contributed by atoms with Crippen molar-refractivity contribution in [3.8, 4) is 0 Å². The largest absolute Gasteiger partial charge is 0.858 e. The van der Waals surface area contributed by atoms with Crippen LogP contribution in [0.1, 0.15) is 5.56 Å². The van der Waals surface area contributed by atoms with Crippen LogP contribution in [-0.4, -0.2) is 19.8 Å². The molecule has 0 N–H and O–H groups in total. The number of halogens is 3. The predicted molar refractivity (Wildman–Crippen MR) is 65.5 cm³/mol. The van der Waals surface area contributed by atoms with Crippen molar-refractivity contribution in [2.24, 2.45) is 4.40 Å². The van der Waals surface area contributed by atoms with Gasteiger partial charge in [0.2, 0.25) is 0 Å². The van der Waals surface area contributed by atoms with Gasteiger partial charge in [0.25, 0.3) is 0 Å². The lowest BCUT2D eigenvalue weighted by molar-refractivity contribution is -0.212. The minimum atomic E-state index is -5.84. The Morgan fingerprint density at radius 3 is 2.30 bits per heavy atom. The second-order valence-electron chi connectivity index (χ2n) is 3.84. The fourth-order valence-electron chi connectivity index (χ4n) is 1.62. The van der Waals surface area contributed by atoms with Crippen molar-refractivity contribution < 1.29 is 26.7 Å². The third kappa shape index (κ3) is 2.60.